The van der Waals surface area contributed by atoms with E-state index >= 15 is 0 Å². The van der Waals surface area contributed by atoms with Gasteiger partial charge in [-0.25, -0.2) is 0 Å². The Labute approximate surface area is 140 Å². The summed E-state index contributed by atoms with van der Waals surface area (Å²) in [4.78, 5) is 0. The van der Waals surface area contributed by atoms with Crippen molar-refractivity contribution in [2.45, 2.75) is 0 Å². The molecule has 0 aromatic carbocycles. The van der Waals surface area contributed by atoms with E-state index in [2.05, 4.69) is 0 Å². The molecule has 6 heteroatoms. The number of halogens is 1. The van der Waals surface area contributed by atoms with E-state index in [1.54, 1.807) is 0 Å². The van der Waals surface area contributed by atoms with Gasteiger partial charge in [-0.3, -0.25) is 4.70 Å². The molecular formula is H5FLaMnOSrY. The van der Waals surface area contributed by atoms with Crippen LogP contribution in [0.15, 0.2) is 0 Å². The van der Waals surface area contributed by atoms with E-state index < -0.39 is 0 Å². The Hall–Kier alpha value is 4.19. The summed E-state index contributed by atoms with van der Waals surface area (Å²) in [5, 5.41) is 0. The summed E-state index contributed by atoms with van der Waals surface area (Å²) in [5.41, 5.74) is 0. The molecule has 0 amide bonds. The van der Waals surface area contributed by atoms with Gasteiger partial charge in [-0.15, -0.1) is 0 Å². The minimum absolute atomic E-state index is 0. The number of hydrogen-bond donors (Lipinski definition) is 0. The van der Waals surface area contributed by atoms with Gasteiger partial charge in [-0.2, -0.15) is 0 Å². The second kappa shape index (κ2) is 35.1. The third kappa shape index (κ3) is 24.1. The average Bonchev–Trinajstić information content (AvgIpc) is 0. The van der Waals surface area contributed by atoms with Crippen molar-refractivity contribution in [2.24, 2.45) is 0 Å². The minimum Gasteiger partial charge on any atom is -1.00 e. The molecule has 0 rings (SSSR count). The molecule has 33 valence electrons. The quantitative estimate of drug-likeness (QED) is 0.467. The topological polar surface area (TPSA) is 31.5 Å². The predicted octanol–water partition coefficient (Wildman–Crippen LogP) is -0.833. The molecule has 1 nitrogen and oxygen atoms in total. The van der Waals surface area contributed by atoms with Gasteiger partial charge in [-0.05, 0) is 0 Å². The van der Waals surface area contributed by atoms with Crippen LogP contribution in [0.1, 0.15) is 2.85 Å². The van der Waals surface area contributed by atoms with E-state index in [0.29, 0.717) is 0 Å². The maximum Gasteiger partial charge on any atom is 2.00 e. The van der Waals surface area contributed by atoms with Gasteiger partial charge >= 0.3 is 45.5 Å². The molecule has 0 aromatic rings. The molecule has 0 unspecified atom stereocenters. The van der Waals surface area contributed by atoms with Crippen molar-refractivity contribution < 1.29 is 98.4 Å². The largest absolute Gasteiger partial charge is 2.00 e. The van der Waals surface area contributed by atoms with Gasteiger partial charge in [-0.1, -0.05) is 0 Å². The molecule has 0 aromatic heterocycles. The molecule has 0 aliphatic carbocycles. The van der Waals surface area contributed by atoms with Crippen LogP contribution in [0.3, 0.4) is 0 Å². The van der Waals surface area contributed by atoms with Crippen LogP contribution in [0.5, 0.6) is 0 Å². The van der Waals surface area contributed by atoms with Crippen molar-refractivity contribution >= 4 is 45.5 Å². The smallest absolute Gasteiger partial charge is 1.00 e. The predicted molar refractivity (Wildman–Crippen MR) is 14.1 cm³/mol. The third-order valence-electron chi connectivity index (χ3n) is 0. The summed E-state index contributed by atoms with van der Waals surface area (Å²) >= 11 is 0. The molecule has 0 bridgehead atoms. The Morgan fingerprint density at radius 3 is 1.17 bits per heavy atom. The van der Waals surface area contributed by atoms with Crippen LogP contribution in [0.4, 0.5) is 4.70 Å². The Morgan fingerprint density at radius 2 is 1.17 bits per heavy atom. The van der Waals surface area contributed by atoms with Crippen LogP contribution in [0.25, 0.3) is 0 Å². The van der Waals surface area contributed by atoms with Gasteiger partial charge in [0.2, 0.25) is 0 Å². The van der Waals surface area contributed by atoms with Crippen LogP contribution in [-0.4, -0.2) is 51.0 Å². The van der Waals surface area contributed by atoms with E-state index in [-0.39, 0.29) is 144 Å². The Bertz CT molecular complexity index is 22.0. The van der Waals surface area contributed by atoms with Crippen molar-refractivity contribution in [3.63, 3.8) is 0 Å². The van der Waals surface area contributed by atoms with E-state index in [4.69, 9.17) is 0 Å². The molecule has 3 radical (unpaired) electrons. The summed E-state index contributed by atoms with van der Waals surface area (Å²) in [6.45, 7) is 0. The zero-order chi connectivity index (χ0) is 0. The van der Waals surface area contributed by atoms with E-state index in [1.807, 2.05) is 0 Å². The Balaban J connectivity index is 0. The standard InChI is InChI=1S/FH.La.Mn.H2O.Sr.Y.2H/h1H;;;1H2;;;;/q;;;;+2;;2*-1. The first-order chi connectivity index (χ1) is 0. The molecule has 6 heavy (non-hydrogen) atoms. The van der Waals surface area contributed by atoms with E-state index in [9.17, 15) is 0 Å². The first-order valence-corrected chi connectivity index (χ1v) is 0. The molecule has 0 spiro atoms. The van der Waals surface area contributed by atoms with Gasteiger partial charge in [0, 0.05) is 85.4 Å². The molecule has 0 saturated heterocycles. The van der Waals surface area contributed by atoms with Crippen LogP contribution in [0.2, 0.25) is 0 Å². The summed E-state index contributed by atoms with van der Waals surface area (Å²) in [7, 11) is 0. The van der Waals surface area contributed by atoms with Crippen molar-refractivity contribution in [2.75, 3.05) is 0 Å². The SMILES string of the molecule is F.O.[H-].[H-].[La].[Mn].[Sr+2].[Y]. The first-order valence-electron chi connectivity index (χ1n) is 0. The maximum atomic E-state index is 0. The van der Waals surface area contributed by atoms with Gasteiger partial charge < -0.3 is 8.33 Å². The minimum atomic E-state index is 0. The maximum absolute atomic E-state index is 0. The van der Waals surface area contributed by atoms with Crippen molar-refractivity contribution in [1.29, 1.82) is 0 Å². The summed E-state index contributed by atoms with van der Waals surface area (Å²) in [6.07, 6.45) is 0. The zero-order valence-corrected chi connectivity index (χ0v) is 14.3. The Kier molecular flexibility index (Phi) is 287. The second-order valence-corrected chi connectivity index (χ2v) is 0. The number of rotatable bonds is 0. The molecule has 0 atom stereocenters. The molecular weight excluding hydrogens is 405 g/mol. The number of hydrogen-bond acceptors (Lipinski definition) is 0. The third-order valence-corrected chi connectivity index (χ3v) is 0. The second-order valence-electron chi connectivity index (χ2n) is 0. The summed E-state index contributed by atoms with van der Waals surface area (Å²) in [6, 6.07) is 0. The van der Waals surface area contributed by atoms with Crippen LogP contribution in [-0.2, 0) is 49.8 Å². The van der Waals surface area contributed by atoms with Crippen molar-refractivity contribution in [3.8, 4) is 0 Å². The van der Waals surface area contributed by atoms with Crippen LogP contribution in [0, 0.1) is 35.6 Å². The van der Waals surface area contributed by atoms with E-state index in [0.717, 1.165) is 0 Å². The van der Waals surface area contributed by atoms with Crippen molar-refractivity contribution in [1.82, 2.24) is 0 Å². The summed E-state index contributed by atoms with van der Waals surface area (Å²) < 4.78 is 0. The first kappa shape index (κ1) is 49.0. The average molecular weight is 410 g/mol. The fourth-order valence-electron chi connectivity index (χ4n) is 0. The van der Waals surface area contributed by atoms with Gasteiger partial charge in [0.25, 0.3) is 0 Å². The molecule has 0 aliphatic heterocycles. The van der Waals surface area contributed by atoms with E-state index in [1.165, 1.54) is 0 Å². The molecule has 0 saturated carbocycles. The summed E-state index contributed by atoms with van der Waals surface area (Å²) in [5.74, 6) is 0. The zero-order valence-electron chi connectivity index (χ0n) is 5.15. The fraction of sp³-hybridized carbons (Fsp3) is 0. The fourth-order valence-corrected chi connectivity index (χ4v) is 0. The van der Waals surface area contributed by atoms with Crippen LogP contribution >= 0.6 is 0 Å². The molecule has 0 heterocycles. The van der Waals surface area contributed by atoms with Crippen molar-refractivity contribution in [3.05, 3.63) is 0 Å². The normalized spacial score (nSPS) is 0. The van der Waals surface area contributed by atoms with Gasteiger partial charge in [0.05, 0.1) is 0 Å². The molecule has 0 fully saturated rings. The molecule has 0 aliphatic rings. The monoisotopic (exact) mass is 411 g/mol. The Morgan fingerprint density at radius 1 is 1.17 bits per heavy atom. The van der Waals surface area contributed by atoms with Gasteiger partial charge in [0.1, 0.15) is 0 Å². The van der Waals surface area contributed by atoms with Crippen LogP contribution < -0.4 is 0 Å². The molecule has 2 N–H and O–H groups in total. The van der Waals surface area contributed by atoms with Gasteiger partial charge in [0.15, 0.2) is 0 Å².